The topological polar surface area (TPSA) is 138 Å². The van der Waals surface area contributed by atoms with Crippen molar-refractivity contribution in [3.05, 3.63) is 118 Å². The molecule has 4 aromatic heterocycles. The molecule has 1 fully saturated rings. The Hall–Kier alpha value is -5.77. The van der Waals surface area contributed by atoms with Gasteiger partial charge in [0.05, 0.1) is 42.1 Å². The number of ether oxygens (including phenoxy) is 1. The van der Waals surface area contributed by atoms with Crippen molar-refractivity contribution in [3.63, 3.8) is 0 Å². The SMILES string of the molecule is C[C@H](NC(=O)c1c(N)nn2cccnc12)c1cc2cccc(C#Cc3cnn(C)c3CCN3CCOCC3)c2c(=O)n1-c1ccccc1. The molecule has 1 aliphatic rings. The van der Waals surface area contributed by atoms with E-state index in [1.165, 1.54) is 4.52 Å². The van der Waals surface area contributed by atoms with Crippen molar-refractivity contribution in [2.24, 2.45) is 7.05 Å². The zero-order chi connectivity index (χ0) is 33.2. The van der Waals surface area contributed by atoms with E-state index in [1.807, 2.05) is 73.3 Å². The molecule has 1 aliphatic heterocycles. The van der Waals surface area contributed by atoms with Crippen molar-refractivity contribution in [2.45, 2.75) is 19.4 Å². The van der Waals surface area contributed by atoms with Gasteiger partial charge < -0.3 is 15.8 Å². The lowest BCUT2D eigenvalue weighted by atomic mass is 10.0. The number of carbonyl (C=O) groups is 1. The summed E-state index contributed by atoms with van der Waals surface area (Å²) in [4.78, 5) is 34.7. The fourth-order valence-electron chi connectivity index (χ4n) is 6.20. The molecule has 7 rings (SSSR count). The molecule has 1 amide bonds. The number of para-hydroxylation sites is 1. The Morgan fingerprint density at radius 2 is 1.85 bits per heavy atom. The summed E-state index contributed by atoms with van der Waals surface area (Å²) in [6.45, 7) is 6.06. The summed E-state index contributed by atoms with van der Waals surface area (Å²) < 4.78 is 10.5. The number of nitrogen functional groups attached to an aromatic ring is 1. The summed E-state index contributed by atoms with van der Waals surface area (Å²) in [7, 11) is 1.93. The van der Waals surface area contributed by atoms with E-state index < -0.39 is 11.9 Å². The van der Waals surface area contributed by atoms with E-state index in [2.05, 4.69) is 37.2 Å². The van der Waals surface area contributed by atoms with Crippen molar-refractivity contribution in [2.75, 3.05) is 38.6 Å². The van der Waals surface area contributed by atoms with Crippen LogP contribution in [0.3, 0.4) is 0 Å². The normalized spacial score (nSPS) is 14.1. The monoisotopic (exact) mass is 641 g/mol. The molecule has 0 spiro atoms. The number of morpholine rings is 1. The Labute approximate surface area is 276 Å². The lowest BCUT2D eigenvalue weighted by molar-refractivity contribution is 0.0382. The Morgan fingerprint density at radius 1 is 1.06 bits per heavy atom. The number of aryl methyl sites for hydroxylation is 1. The number of nitrogens with two attached hydrogens (primary N) is 1. The molecule has 1 atom stereocenters. The van der Waals surface area contributed by atoms with Gasteiger partial charge in [-0.2, -0.15) is 5.10 Å². The Bertz CT molecular complexity index is 2250. The van der Waals surface area contributed by atoms with Crippen LogP contribution in [0.4, 0.5) is 5.82 Å². The number of hydrogen-bond donors (Lipinski definition) is 2. The van der Waals surface area contributed by atoms with Gasteiger partial charge in [0.2, 0.25) is 0 Å². The minimum atomic E-state index is -0.591. The maximum Gasteiger partial charge on any atom is 0.264 e. The van der Waals surface area contributed by atoms with Gasteiger partial charge in [0.15, 0.2) is 11.5 Å². The van der Waals surface area contributed by atoms with Gasteiger partial charge in [-0.05, 0) is 42.6 Å². The molecule has 0 aliphatic carbocycles. The largest absolute Gasteiger partial charge is 0.381 e. The zero-order valence-corrected chi connectivity index (χ0v) is 26.8. The Kier molecular flexibility index (Phi) is 8.46. The standard InChI is InChI=1S/C36H35N9O3/c1-24(40-35(46)32-33(37)41-44-16-7-15-38-34(32)44)30-22-26-9-6-8-25(31(26)36(47)45(30)28-10-4-3-5-11-28)12-13-27-23-39-42(2)29(27)14-17-43-18-20-48-21-19-43/h3-11,15-16,22-24H,14,17-21H2,1-2H3,(H2,37,41)(H,40,46)/t24-/m0/s1. The van der Waals surface area contributed by atoms with E-state index in [0.717, 1.165) is 50.5 Å². The molecule has 0 saturated carbocycles. The molecule has 12 nitrogen and oxygen atoms in total. The van der Waals surface area contributed by atoms with Crippen LogP contribution in [0, 0.1) is 11.8 Å². The number of hydrogen-bond acceptors (Lipinski definition) is 8. The summed E-state index contributed by atoms with van der Waals surface area (Å²) in [6, 6.07) is 18.0. The second kappa shape index (κ2) is 13.2. The number of carbonyl (C=O) groups excluding carboxylic acids is 1. The first-order valence-electron chi connectivity index (χ1n) is 15.9. The van der Waals surface area contributed by atoms with Crippen LogP contribution in [0.15, 0.2) is 84.0 Å². The quantitative estimate of drug-likeness (QED) is 0.254. The molecule has 3 N–H and O–H groups in total. The second-order valence-electron chi connectivity index (χ2n) is 11.7. The lowest BCUT2D eigenvalue weighted by Crippen LogP contribution is -2.37. The van der Waals surface area contributed by atoms with E-state index in [4.69, 9.17) is 10.5 Å². The number of amides is 1. The number of anilines is 1. The highest BCUT2D eigenvalue weighted by molar-refractivity contribution is 6.04. The Balaban J connectivity index is 1.26. The van der Waals surface area contributed by atoms with Crippen molar-refractivity contribution in [3.8, 4) is 17.5 Å². The van der Waals surface area contributed by atoms with Gasteiger partial charge >= 0.3 is 0 Å². The van der Waals surface area contributed by atoms with Crippen molar-refractivity contribution < 1.29 is 9.53 Å². The van der Waals surface area contributed by atoms with E-state index in [1.54, 1.807) is 29.2 Å². The van der Waals surface area contributed by atoms with Crippen molar-refractivity contribution in [1.29, 1.82) is 0 Å². The van der Waals surface area contributed by atoms with Crippen LogP contribution in [-0.2, 0) is 18.2 Å². The van der Waals surface area contributed by atoms with Gasteiger partial charge in [0, 0.05) is 62.4 Å². The molecule has 1 saturated heterocycles. The highest BCUT2D eigenvalue weighted by Gasteiger charge is 2.24. The average Bonchev–Trinajstić information content (AvgIpc) is 3.64. The molecule has 242 valence electrons. The highest BCUT2D eigenvalue weighted by Crippen LogP contribution is 2.25. The minimum absolute atomic E-state index is 0.0680. The van der Waals surface area contributed by atoms with Crippen molar-refractivity contribution in [1.82, 2.24) is 39.2 Å². The minimum Gasteiger partial charge on any atom is -0.381 e. The Morgan fingerprint density at radius 3 is 2.67 bits per heavy atom. The molecular weight excluding hydrogens is 606 g/mol. The number of rotatable bonds is 7. The molecule has 0 radical (unpaired) electrons. The molecule has 2 aromatic carbocycles. The van der Waals surface area contributed by atoms with E-state index in [9.17, 15) is 9.59 Å². The summed E-state index contributed by atoms with van der Waals surface area (Å²) in [6.07, 6.45) is 5.84. The molecule has 0 unspecified atom stereocenters. The van der Waals surface area contributed by atoms with E-state index in [-0.39, 0.29) is 16.9 Å². The number of nitrogens with zero attached hydrogens (tertiary/aromatic N) is 7. The third kappa shape index (κ3) is 5.92. The van der Waals surface area contributed by atoms with Crippen LogP contribution < -0.4 is 16.6 Å². The zero-order valence-electron chi connectivity index (χ0n) is 26.8. The number of nitrogens with one attached hydrogen (secondary N) is 1. The molecule has 12 heteroatoms. The second-order valence-corrected chi connectivity index (χ2v) is 11.7. The maximum absolute atomic E-state index is 14.5. The van der Waals surface area contributed by atoms with Gasteiger partial charge in [0.25, 0.3) is 11.5 Å². The summed E-state index contributed by atoms with van der Waals surface area (Å²) in [5.41, 5.74) is 10.2. The molecular formula is C36H35N9O3. The van der Waals surface area contributed by atoms with Crippen LogP contribution in [0.1, 0.15) is 45.8 Å². The average molecular weight is 642 g/mol. The van der Waals surface area contributed by atoms with E-state index in [0.29, 0.717) is 33.4 Å². The van der Waals surface area contributed by atoms with Gasteiger partial charge in [-0.25, -0.2) is 9.50 Å². The van der Waals surface area contributed by atoms with Gasteiger partial charge in [-0.1, -0.05) is 42.2 Å². The van der Waals surface area contributed by atoms with Crippen LogP contribution in [0.5, 0.6) is 0 Å². The predicted octanol–water partition coefficient (Wildman–Crippen LogP) is 3.11. The number of pyridine rings is 1. The summed E-state index contributed by atoms with van der Waals surface area (Å²) >= 11 is 0. The smallest absolute Gasteiger partial charge is 0.264 e. The third-order valence-electron chi connectivity index (χ3n) is 8.69. The fraction of sp³-hybridized carbons (Fsp3) is 0.250. The molecule has 6 aromatic rings. The van der Waals surface area contributed by atoms with Crippen LogP contribution >= 0.6 is 0 Å². The number of aromatic nitrogens is 6. The fourth-order valence-corrected chi connectivity index (χ4v) is 6.20. The van der Waals surface area contributed by atoms with Gasteiger partial charge in [0.1, 0.15) is 5.56 Å². The summed E-state index contributed by atoms with van der Waals surface area (Å²) in [5.74, 6) is 6.22. The van der Waals surface area contributed by atoms with Crippen molar-refractivity contribution >= 4 is 28.1 Å². The molecule has 48 heavy (non-hydrogen) atoms. The number of benzene rings is 2. The predicted molar refractivity (Wildman–Crippen MR) is 183 cm³/mol. The van der Waals surface area contributed by atoms with E-state index >= 15 is 0 Å². The first kappa shape index (κ1) is 30.9. The maximum atomic E-state index is 14.5. The first-order chi connectivity index (χ1) is 23.4. The third-order valence-corrected chi connectivity index (χ3v) is 8.69. The van der Waals surface area contributed by atoms with Gasteiger partial charge in [-0.15, -0.1) is 5.10 Å². The first-order valence-corrected chi connectivity index (χ1v) is 15.9. The number of fused-ring (bicyclic) bond motifs is 2. The summed E-state index contributed by atoms with van der Waals surface area (Å²) in [5, 5.41) is 12.9. The lowest BCUT2D eigenvalue weighted by Gasteiger charge is -2.26. The van der Waals surface area contributed by atoms with Crippen LogP contribution in [-0.4, -0.2) is 72.6 Å². The molecule has 5 heterocycles. The van der Waals surface area contributed by atoms with Crippen LogP contribution in [0.2, 0.25) is 0 Å². The molecule has 0 bridgehead atoms. The van der Waals surface area contributed by atoms with Crippen LogP contribution in [0.25, 0.3) is 22.1 Å². The van der Waals surface area contributed by atoms with Gasteiger partial charge in [-0.3, -0.25) is 23.7 Å². The highest BCUT2D eigenvalue weighted by atomic mass is 16.5.